The molecule has 0 aliphatic carbocycles. The van der Waals surface area contributed by atoms with E-state index in [1.165, 1.54) is 18.0 Å². The van der Waals surface area contributed by atoms with Gasteiger partial charge in [0.25, 0.3) is 0 Å². The Balaban J connectivity index is 1.48. The molecule has 20 heteroatoms. The number of hydrogen-bond donors (Lipinski definition) is 7. The van der Waals surface area contributed by atoms with Crippen molar-refractivity contribution in [3.63, 3.8) is 0 Å². The number of nitrogens with one attached hydrogen (secondary N) is 5. The molecule has 412 valence electrons. The number of aromatic amines is 1. The molecule has 0 aliphatic rings. The van der Waals surface area contributed by atoms with Crippen LogP contribution in [-0.2, 0) is 59.5 Å². The number of H-pyrrole nitrogens is 1. The molecule has 8 N–H and O–H groups in total. The van der Waals surface area contributed by atoms with E-state index in [4.69, 9.17) is 5.73 Å². The average Bonchev–Trinajstić information content (AvgIpc) is 3.86. The van der Waals surface area contributed by atoms with Gasteiger partial charge in [0.05, 0.1) is 37.2 Å². The van der Waals surface area contributed by atoms with Gasteiger partial charge in [0, 0.05) is 67.1 Å². The van der Waals surface area contributed by atoms with Crippen molar-refractivity contribution in [2.75, 3.05) is 46.3 Å². The van der Waals surface area contributed by atoms with E-state index in [9.17, 15) is 43.5 Å². The van der Waals surface area contributed by atoms with Gasteiger partial charge in [0.2, 0.25) is 35.2 Å². The molecular formula is C56H80N11O9+. The summed E-state index contributed by atoms with van der Waals surface area (Å²) in [6.45, 7) is 10.3. The topological polar surface area (TPSA) is 283 Å². The lowest BCUT2D eigenvalue weighted by atomic mass is 9.89. The molecule has 0 saturated heterocycles. The summed E-state index contributed by atoms with van der Waals surface area (Å²) in [5, 5.41) is 29.5. The lowest BCUT2D eigenvalue weighted by molar-refractivity contribution is -0.753. The SMILES string of the molecule is CCN(CC)CCCC[C@H](NC(=O)[C@@H](CC(=O)[C@H](C)NC(=O)[C@@H](CC(=O)c1cccnc1)Cc1ccccc1)Cc1ccccc1)C(=O)CC(C(=O)NCCC(=O)N(CC(N)=O)Cc1c[n+](CCCNC)[nH]n1)[C@@H](C)O. The summed E-state index contributed by atoms with van der Waals surface area (Å²) in [5.74, 6) is -7.23. The zero-order valence-corrected chi connectivity index (χ0v) is 44.9. The number of unbranched alkanes of at least 4 members (excludes halogenated alkanes) is 1. The molecule has 76 heavy (non-hydrogen) atoms. The third kappa shape index (κ3) is 21.7. The molecule has 0 fully saturated rings. The minimum Gasteiger partial charge on any atom is -0.393 e. The lowest BCUT2D eigenvalue weighted by Gasteiger charge is -2.26. The minimum atomic E-state index is -1.30. The van der Waals surface area contributed by atoms with Crippen molar-refractivity contribution in [2.45, 2.75) is 123 Å². The van der Waals surface area contributed by atoms with Crippen LogP contribution in [0.4, 0.5) is 0 Å². The Morgan fingerprint density at radius 1 is 0.763 bits per heavy atom. The van der Waals surface area contributed by atoms with Crippen molar-refractivity contribution in [1.82, 2.24) is 46.4 Å². The molecule has 0 radical (unpaired) electrons. The predicted octanol–water partition coefficient (Wildman–Crippen LogP) is 2.43. The van der Waals surface area contributed by atoms with Crippen LogP contribution in [-0.4, -0.2) is 142 Å². The van der Waals surface area contributed by atoms with Gasteiger partial charge in [-0.15, -0.1) is 0 Å². The molecule has 0 bridgehead atoms. The molecule has 4 aromatic rings. The molecule has 1 unspecified atom stereocenters. The quantitative estimate of drug-likeness (QED) is 0.0195. The molecule has 0 aliphatic heterocycles. The molecule has 4 rings (SSSR count). The fourth-order valence-electron chi connectivity index (χ4n) is 8.86. The molecule has 20 nitrogen and oxygen atoms in total. The first-order chi connectivity index (χ1) is 36.5. The molecule has 0 saturated carbocycles. The van der Waals surface area contributed by atoms with Crippen LogP contribution < -0.4 is 31.7 Å². The number of primary amides is 1. The minimum absolute atomic E-state index is 0.0131. The number of pyridine rings is 1. The maximum atomic E-state index is 14.5. The first-order valence-electron chi connectivity index (χ1n) is 26.5. The van der Waals surface area contributed by atoms with Gasteiger partial charge >= 0.3 is 0 Å². The van der Waals surface area contributed by atoms with Crippen LogP contribution in [0.15, 0.2) is 91.4 Å². The number of aryl methyl sites for hydroxylation is 1. The zero-order valence-electron chi connectivity index (χ0n) is 44.9. The van der Waals surface area contributed by atoms with E-state index >= 15 is 0 Å². The number of aromatic nitrogens is 4. The monoisotopic (exact) mass is 1050 g/mol. The Morgan fingerprint density at radius 2 is 1.41 bits per heavy atom. The summed E-state index contributed by atoms with van der Waals surface area (Å²) in [5.41, 5.74) is 7.93. The van der Waals surface area contributed by atoms with E-state index in [0.717, 1.165) is 43.7 Å². The largest absolute Gasteiger partial charge is 0.393 e. The third-order valence-electron chi connectivity index (χ3n) is 13.4. The average molecular weight is 1050 g/mol. The van der Waals surface area contributed by atoms with E-state index in [1.54, 1.807) is 36.1 Å². The number of carbonyl (C=O) groups excluding carboxylic acids is 8. The van der Waals surface area contributed by atoms with Crippen LogP contribution in [0.3, 0.4) is 0 Å². The first-order valence-corrected chi connectivity index (χ1v) is 26.5. The molecule has 6 atom stereocenters. The number of carbonyl (C=O) groups is 8. The Labute approximate surface area is 446 Å². The van der Waals surface area contributed by atoms with E-state index in [0.29, 0.717) is 30.6 Å². The Kier molecular flexibility index (Phi) is 26.8. The molecule has 5 amide bonds. The number of Topliss-reactive ketones (excluding diaryl/α,β-unsaturated/α-hetero) is 3. The van der Waals surface area contributed by atoms with Gasteiger partial charge < -0.3 is 41.9 Å². The van der Waals surface area contributed by atoms with Gasteiger partial charge in [0.1, 0.15) is 6.54 Å². The summed E-state index contributed by atoms with van der Waals surface area (Å²) >= 11 is 0. The second kappa shape index (κ2) is 33.1. The summed E-state index contributed by atoms with van der Waals surface area (Å²) in [6.07, 6.45) is 5.00. The fourth-order valence-corrected chi connectivity index (χ4v) is 8.86. The molecule has 2 aromatic heterocycles. The molecule has 2 aromatic carbocycles. The first kappa shape index (κ1) is 61.5. The normalized spacial score (nSPS) is 13.6. The maximum absolute atomic E-state index is 14.5. The third-order valence-corrected chi connectivity index (χ3v) is 13.4. The maximum Gasteiger partial charge on any atom is 0.237 e. The van der Waals surface area contributed by atoms with Crippen molar-refractivity contribution in [3.05, 3.63) is 114 Å². The van der Waals surface area contributed by atoms with Gasteiger partial charge in [-0.3, -0.25) is 43.3 Å². The van der Waals surface area contributed by atoms with Gasteiger partial charge in [-0.1, -0.05) is 79.7 Å². The van der Waals surface area contributed by atoms with Crippen LogP contribution in [0.25, 0.3) is 0 Å². The van der Waals surface area contributed by atoms with Gasteiger partial charge in [-0.25, -0.2) is 0 Å². The zero-order chi connectivity index (χ0) is 55.4. The van der Waals surface area contributed by atoms with Gasteiger partial charge in [-0.2, -0.15) is 4.68 Å². The number of aliphatic hydroxyl groups is 1. The Morgan fingerprint density at radius 3 is 2.00 bits per heavy atom. The van der Waals surface area contributed by atoms with Crippen molar-refractivity contribution in [2.24, 2.45) is 23.5 Å². The van der Waals surface area contributed by atoms with E-state index in [2.05, 4.69) is 55.3 Å². The lowest BCUT2D eigenvalue weighted by Crippen LogP contribution is -2.48. The fraction of sp³-hybridized carbons (Fsp3) is 0.518. The second-order valence-electron chi connectivity index (χ2n) is 19.4. The number of nitrogens with zero attached hydrogens (tertiary/aromatic N) is 5. The van der Waals surface area contributed by atoms with Crippen LogP contribution in [0.5, 0.6) is 0 Å². The van der Waals surface area contributed by atoms with Gasteiger partial charge in [-0.05, 0) is 109 Å². The Bertz CT molecular complexity index is 2450. The summed E-state index contributed by atoms with van der Waals surface area (Å²) in [4.78, 5) is 117. The molecular weight excluding hydrogens is 971 g/mol. The molecule has 2 heterocycles. The number of amides is 5. The Hall–Kier alpha value is -7.03. The van der Waals surface area contributed by atoms with E-state index < -0.39 is 83.5 Å². The number of aliphatic hydroxyl groups excluding tert-OH is 1. The number of rotatable bonds is 37. The highest BCUT2D eigenvalue weighted by molar-refractivity contribution is 5.99. The van der Waals surface area contributed by atoms with Crippen molar-refractivity contribution < 1.29 is 48.1 Å². The van der Waals surface area contributed by atoms with Crippen LogP contribution >= 0.6 is 0 Å². The van der Waals surface area contributed by atoms with E-state index in [-0.39, 0.29) is 63.9 Å². The second-order valence-corrected chi connectivity index (χ2v) is 19.4. The van der Waals surface area contributed by atoms with Crippen LogP contribution in [0.1, 0.15) is 106 Å². The van der Waals surface area contributed by atoms with E-state index in [1.807, 2.05) is 67.7 Å². The number of nitrogens with two attached hydrogens (primary N) is 1. The summed E-state index contributed by atoms with van der Waals surface area (Å²) < 4.78 is 1.76. The highest BCUT2D eigenvalue weighted by atomic mass is 16.3. The summed E-state index contributed by atoms with van der Waals surface area (Å²) in [7, 11) is 1.85. The van der Waals surface area contributed by atoms with Crippen molar-refractivity contribution in [3.8, 4) is 0 Å². The van der Waals surface area contributed by atoms with Crippen LogP contribution in [0, 0.1) is 17.8 Å². The smallest absolute Gasteiger partial charge is 0.237 e. The summed E-state index contributed by atoms with van der Waals surface area (Å²) in [6, 6.07) is 19.5. The molecule has 0 spiro atoms. The van der Waals surface area contributed by atoms with Crippen molar-refractivity contribution in [1.29, 1.82) is 0 Å². The van der Waals surface area contributed by atoms with Crippen LogP contribution in [0.2, 0.25) is 0 Å². The predicted molar refractivity (Wildman–Crippen MR) is 286 cm³/mol. The number of hydrogen-bond acceptors (Lipinski definition) is 13. The number of benzene rings is 2. The van der Waals surface area contributed by atoms with Gasteiger partial charge in [0.15, 0.2) is 23.5 Å². The number of ketones is 3. The van der Waals surface area contributed by atoms with Crippen molar-refractivity contribution >= 4 is 46.9 Å². The standard InChI is InChI=1S/C56H79N11O9/c1-6-65(7-2)28-15-14-23-48(51(71)34-47(40(4)68)56(76)60-27-24-53(73)66(38-52(57)72)36-46-37-67(64-63-46)29-17-25-58-5)62-55(75)44(30-41-18-10-8-11-19-41)32-49(69)39(3)61-54(74)45(31-42-20-12-9-13-21-42)33-50(70)43-22-16-26-59-35-43/h8-13,16,18-22,26,35,37,39-40,44-45,47-48,58,68H,6-7,14-15,17,23-25,27-34,36,38H2,1-5H3,(H5,57,60,61,62,72,74,75,76)/p+1/t39-,40+,44+,45+,47?,48-/m0/s1. The highest BCUT2D eigenvalue weighted by Gasteiger charge is 2.34. The highest BCUT2D eigenvalue weighted by Crippen LogP contribution is 2.21.